The SMILES string of the molecule is CCN(CC)S(=O)(=O)c1ccc(C(=O)N(C)CC2Cc3ccccc3CO2)cc1. The Balaban J connectivity index is 1.66. The maximum atomic E-state index is 12.8. The Morgan fingerprint density at radius 2 is 1.66 bits per heavy atom. The van der Waals surface area contributed by atoms with Gasteiger partial charge < -0.3 is 9.64 Å². The summed E-state index contributed by atoms with van der Waals surface area (Å²) in [6, 6.07) is 14.3. The van der Waals surface area contributed by atoms with Crippen LogP contribution in [0.5, 0.6) is 0 Å². The molecule has 1 heterocycles. The zero-order chi connectivity index (χ0) is 21.0. The molecule has 29 heavy (non-hydrogen) atoms. The summed E-state index contributed by atoms with van der Waals surface area (Å²) in [5, 5.41) is 0. The number of sulfonamides is 1. The number of carbonyl (C=O) groups excluding carboxylic acids is 1. The van der Waals surface area contributed by atoms with Gasteiger partial charge in [-0.05, 0) is 35.4 Å². The Hall–Kier alpha value is -2.22. The molecule has 0 fully saturated rings. The van der Waals surface area contributed by atoms with Gasteiger partial charge in [-0.15, -0.1) is 0 Å². The summed E-state index contributed by atoms with van der Waals surface area (Å²) in [4.78, 5) is 14.6. The molecule has 1 aliphatic heterocycles. The van der Waals surface area contributed by atoms with E-state index in [0.29, 0.717) is 31.8 Å². The van der Waals surface area contributed by atoms with Crippen LogP contribution in [0.15, 0.2) is 53.4 Å². The summed E-state index contributed by atoms with van der Waals surface area (Å²) in [7, 11) is -1.78. The highest BCUT2D eigenvalue weighted by Gasteiger charge is 2.24. The predicted molar refractivity (Wildman–Crippen MR) is 112 cm³/mol. The van der Waals surface area contributed by atoms with E-state index in [9.17, 15) is 13.2 Å². The zero-order valence-electron chi connectivity index (χ0n) is 17.2. The highest BCUT2D eigenvalue weighted by Crippen LogP contribution is 2.21. The van der Waals surface area contributed by atoms with Crippen LogP contribution in [0.2, 0.25) is 0 Å². The van der Waals surface area contributed by atoms with E-state index in [0.717, 1.165) is 6.42 Å². The van der Waals surface area contributed by atoms with Crippen LogP contribution in [0.4, 0.5) is 0 Å². The highest BCUT2D eigenvalue weighted by atomic mass is 32.2. The first-order valence-electron chi connectivity index (χ1n) is 9.90. The minimum absolute atomic E-state index is 0.0545. The number of hydrogen-bond donors (Lipinski definition) is 0. The average Bonchev–Trinajstić information content (AvgIpc) is 2.74. The Morgan fingerprint density at radius 1 is 1.03 bits per heavy atom. The maximum Gasteiger partial charge on any atom is 0.253 e. The third-order valence-corrected chi connectivity index (χ3v) is 7.37. The third kappa shape index (κ3) is 4.69. The van der Waals surface area contributed by atoms with Crippen molar-refractivity contribution in [2.45, 2.75) is 37.9 Å². The van der Waals surface area contributed by atoms with Crippen molar-refractivity contribution in [2.75, 3.05) is 26.7 Å². The van der Waals surface area contributed by atoms with Crippen LogP contribution in [0, 0.1) is 0 Å². The molecule has 156 valence electrons. The molecule has 3 rings (SSSR count). The fraction of sp³-hybridized carbons (Fsp3) is 0.409. The topological polar surface area (TPSA) is 66.9 Å². The van der Waals surface area contributed by atoms with E-state index in [-0.39, 0.29) is 16.9 Å². The Labute approximate surface area is 173 Å². The second-order valence-electron chi connectivity index (χ2n) is 7.21. The molecular weight excluding hydrogens is 388 g/mol. The monoisotopic (exact) mass is 416 g/mol. The number of amides is 1. The highest BCUT2D eigenvalue weighted by molar-refractivity contribution is 7.89. The molecule has 1 atom stereocenters. The molecule has 0 aliphatic carbocycles. The fourth-order valence-electron chi connectivity index (χ4n) is 3.62. The second-order valence-corrected chi connectivity index (χ2v) is 9.14. The van der Waals surface area contributed by atoms with Crippen LogP contribution in [-0.2, 0) is 27.8 Å². The molecule has 1 aliphatic rings. The van der Waals surface area contributed by atoms with Crippen LogP contribution in [0.1, 0.15) is 35.3 Å². The number of hydrogen-bond acceptors (Lipinski definition) is 4. The van der Waals surface area contributed by atoms with E-state index < -0.39 is 10.0 Å². The van der Waals surface area contributed by atoms with Crippen molar-refractivity contribution in [3.63, 3.8) is 0 Å². The molecule has 0 saturated heterocycles. The summed E-state index contributed by atoms with van der Waals surface area (Å²) in [6.07, 6.45) is 0.718. The predicted octanol–water partition coefficient (Wildman–Crippen LogP) is 2.93. The molecule has 7 heteroatoms. The number of likely N-dealkylation sites (N-methyl/N-ethyl adjacent to an activating group) is 1. The number of fused-ring (bicyclic) bond motifs is 1. The largest absolute Gasteiger partial charge is 0.371 e. The van der Waals surface area contributed by atoms with Crippen molar-refractivity contribution in [2.24, 2.45) is 0 Å². The molecule has 2 aromatic rings. The van der Waals surface area contributed by atoms with Gasteiger partial charge in [0, 0.05) is 38.7 Å². The van der Waals surface area contributed by atoms with Gasteiger partial charge in [-0.2, -0.15) is 4.31 Å². The first-order chi connectivity index (χ1) is 13.9. The van der Waals surface area contributed by atoms with Crippen molar-refractivity contribution in [1.82, 2.24) is 9.21 Å². The lowest BCUT2D eigenvalue weighted by atomic mass is 9.99. The molecule has 2 aromatic carbocycles. The first-order valence-corrected chi connectivity index (χ1v) is 11.3. The van der Waals surface area contributed by atoms with Crippen molar-refractivity contribution >= 4 is 15.9 Å². The van der Waals surface area contributed by atoms with Crippen LogP contribution < -0.4 is 0 Å². The van der Waals surface area contributed by atoms with Crippen molar-refractivity contribution in [3.05, 3.63) is 65.2 Å². The summed E-state index contributed by atoms with van der Waals surface area (Å²) in [5.41, 5.74) is 2.92. The van der Waals surface area contributed by atoms with E-state index in [1.165, 1.54) is 27.6 Å². The Kier molecular flexibility index (Phi) is 6.72. The zero-order valence-corrected chi connectivity index (χ0v) is 18.0. The van der Waals surface area contributed by atoms with Crippen LogP contribution in [0.25, 0.3) is 0 Å². The van der Waals surface area contributed by atoms with Gasteiger partial charge in [0.05, 0.1) is 17.6 Å². The second kappa shape index (κ2) is 9.07. The Bertz CT molecular complexity index is 953. The van der Waals surface area contributed by atoms with E-state index >= 15 is 0 Å². The lowest BCUT2D eigenvalue weighted by molar-refractivity contribution is 0.00985. The normalized spacial score (nSPS) is 16.5. The van der Waals surface area contributed by atoms with E-state index in [4.69, 9.17) is 4.74 Å². The van der Waals surface area contributed by atoms with Gasteiger partial charge >= 0.3 is 0 Å². The molecule has 0 saturated carbocycles. The van der Waals surface area contributed by atoms with Gasteiger partial charge in [0.2, 0.25) is 10.0 Å². The number of nitrogens with zero attached hydrogens (tertiary/aromatic N) is 2. The maximum absolute atomic E-state index is 12.8. The third-order valence-electron chi connectivity index (χ3n) is 5.31. The minimum atomic E-state index is -3.53. The first kappa shape index (κ1) is 21.5. The van der Waals surface area contributed by atoms with Crippen molar-refractivity contribution in [1.29, 1.82) is 0 Å². The summed E-state index contributed by atoms with van der Waals surface area (Å²) in [6.45, 7) is 5.46. The molecule has 0 N–H and O–H groups in total. The molecule has 0 spiro atoms. The van der Waals surface area contributed by atoms with Crippen molar-refractivity contribution < 1.29 is 17.9 Å². The van der Waals surface area contributed by atoms with Gasteiger partial charge in [0.1, 0.15) is 0 Å². The van der Waals surface area contributed by atoms with Gasteiger partial charge in [-0.3, -0.25) is 4.79 Å². The van der Waals surface area contributed by atoms with E-state index in [1.807, 2.05) is 12.1 Å². The molecule has 1 unspecified atom stereocenters. The number of benzene rings is 2. The molecule has 0 aromatic heterocycles. The summed E-state index contributed by atoms with van der Waals surface area (Å²) < 4.78 is 32.5. The molecular formula is C22H28N2O4S. The smallest absolute Gasteiger partial charge is 0.253 e. The number of ether oxygens (including phenoxy) is 1. The number of carbonyl (C=O) groups is 1. The van der Waals surface area contributed by atoms with Gasteiger partial charge in [0.25, 0.3) is 5.91 Å². The van der Waals surface area contributed by atoms with Crippen LogP contribution >= 0.6 is 0 Å². The lowest BCUT2D eigenvalue weighted by Crippen LogP contribution is -2.38. The van der Waals surface area contributed by atoms with E-state index in [2.05, 4.69) is 12.1 Å². The molecule has 6 nitrogen and oxygen atoms in total. The lowest BCUT2D eigenvalue weighted by Gasteiger charge is -2.29. The average molecular weight is 417 g/mol. The molecule has 1 amide bonds. The summed E-state index contributed by atoms with van der Waals surface area (Å²) in [5.74, 6) is -0.153. The van der Waals surface area contributed by atoms with Crippen LogP contribution in [0.3, 0.4) is 0 Å². The van der Waals surface area contributed by atoms with Crippen LogP contribution in [-0.4, -0.2) is 56.3 Å². The van der Waals surface area contributed by atoms with Crippen molar-refractivity contribution in [3.8, 4) is 0 Å². The fourth-order valence-corrected chi connectivity index (χ4v) is 5.08. The van der Waals surface area contributed by atoms with Gasteiger partial charge in [-0.25, -0.2) is 8.42 Å². The van der Waals surface area contributed by atoms with Gasteiger partial charge in [0.15, 0.2) is 0 Å². The number of rotatable bonds is 7. The molecule has 0 bridgehead atoms. The Morgan fingerprint density at radius 3 is 2.28 bits per heavy atom. The van der Waals surface area contributed by atoms with Gasteiger partial charge in [-0.1, -0.05) is 38.1 Å². The quantitative estimate of drug-likeness (QED) is 0.696. The van der Waals surface area contributed by atoms with E-state index in [1.54, 1.807) is 37.9 Å². The molecule has 0 radical (unpaired) electrons. The minimum Gasteiger partial charge on any atom is -0.371 e. The summed E-state index contributed by atoms with van der Waals surface area (Å²) >= 11 is 0. The standard InChI is InChI=1S/C22H28N2O4S/c1-4-24(5-2)29(26,27)21-12-10-17(11-13-21)22(25)23(3)15-20-14-18-8-6-7-9-19(18)16-28-20/h6-13,20H,4-5,14-16H2,1-3H3.